The molecule has 0 spiro atoms. The molecule has 0 N–H and O–H groups in total. The third-order valence-corrected chi connectivity index (χ3v) is 3.85. The normalized spacial score (nSPS) is 6.29. The summed E-state index contributed by atoms with van der Waals surface area (Å²) < 4.78 is 70.0. The molecule has 0 bridgehead atoms. The molecule has 2 radical (unpaired) electrons. The van der Waals surface area contributed by atoms with Crippen LogP contribution in [0.5, 0.6) is 17.2 Å². The van der Waals surface area contributed by atoms with Crippen LogP contribution in [-0.4, -0.2) is 0 Å². The first kappa shape index (κ1) is 51.3. The number of hydrogen-bond donors (Lipinski definition) is 0. The van der Waals surface area contributed by atoms with Gasteiger partial charge in [0.05, 0.1) is 0 Å². The fourth-order valence-electron chi connectivity index (χ4n) is 1.76. The summed E-state index contributed by atoms with van der Waals surface area (Å²) in [6.07, 6.45) is 0. The molecule has 3 aromatic carbocycles. The molecule has 0 aliphatic rings. The van der Waals surface area contributed by atoms with Gasteiger partial charge >= 0.3 is 87.7 Å². The van der Waals surface area contributed by atoms with Crippen molar-refractivity contribution < 1.29 is 79.7 Å². The molecule has 0 aliphatic heterocycles. The van der Waals surface area contributed by atoms with Gasteiger partial charge in [-0.25, -0.2) is 0 Å². The van der Waals surface area contributed by atoms with Gasteiger partial charge in [0.1, 0.15) is 17.2 Å². The van der Waals surface area contributed by atoms with E-state index in [-0.39, 0.29) is 33.6 Å². The molecular weight excluding hydrogens is 609 g/mol. The molecule has 38 heavy (non-hydrogen) atoms. The maximum absolute atomic E-state index is 7.50. The van der Waals surface area contributed by atoms with Crippen LogP contribution in [0.1, 0.15) is 0 Å². The van der Waals surface area contributed by atoms with Crippen molar-refractivity contribution in [2.75, 3.05) is 0 Å². The number of hydrogen-bond acceptors (Lipinski definition) is 3. The summed E-state index contributed by atoms with van der Waals surface area (Å²) in [7, 11) is -1.59. The molecule has 13 heteroatoms. The molecule has 0 atom stereocenters. The first-order chi connectivity index (χ1) is 17.9. The van der Waals surface area contributed by atoms with E-state index in [1.165, 1.54) is 0 Å². The van der Waals surface area contributed by atoms with Crippen molar-refractivity contribution in [1.82, 2.24) is 0 Å². The van der Waals surface area contributed by atoms with Gasteiger partial charge in [-0.2, -0.15) is 0 Å². The van der Waals surface area contributed by atoms with E-state index < -0.39 is 8.60 Å². The van der Waals surface area contributed by atoms with Crippen LogP contribution < -0.4 is 13.6 Å². The van der Waals surface area contributed by atoms with Crippen molar-refractivity contribution >= 4 is 8.60 Å². The maximum Gasteiger partial charge on any atom is 0.530 e. The molecule has 0 saturated heterocycles. The van der Waals surface area contributed by atoms with Crippen LogP contribution in [0.15, 0.2) is 91.0 Å². The second-order valence-corrected chi connectivity index (χ2v) is 5.43. The zero-order valence-corrected chi connectivity index (χ0v) is 21.8. The van der Waals surface area contributed by atoms with E-state index in [1.807, 2.05) is 91.0 Å². The molecule has 0 aromatic heterocycles. The molecule has 0 amide bonds. The van der Waals surface area contributed by atoms with Gasteiger partial charge in [0.25, 0.3) is 0 Å². The van der Waals surface area contributed by atoms with Crippen molar-refractivity contribution in [2.24, 2.45) is 0 Å². The Bertz CT molecular complexity index is 834. The third kappa shape index (κ3) is 30.7. The van der Waals surface area contributed by atoms with Crippen molar-refractivity contribution in [3.8, 4) is 17.2 Å². The van der Waals surface area contributed by atoms with Gasteiger partial charge in [0.15, 0.2) is 0 Å². The summed E-state index contributed by atoms with van der Waals surface area (Å²) in [5.74, 6) is 2.13. The van der Waals surface area contributed by atoms with Gasteiger partial charge < -0.3 is 13.6 Å². The molecular formula is C25H15Co2O10P. The van der Waals surface area contributed by atoms with Gasteiger partial charge in [-0.05, 0) is 36.4 Å². The molecule has 0 fully saturated rings. The molecule has 0 aliphatic carbocycles. The molecule has 198 valence electrons. The number of para-hydroxylation sites is 3. The van der Waals surface area contributed by atoms with Gasteiger partial charge in [-0.3, -0.25) is 0 Å². The van der Waals surface area contributed by atoms with Crippen LogP contribution in [0.4, 0.5) is 0 Å². The summed E-state index contributed by atoms with van der Waals surface area (Å²) in [5.41, 5.74) is 0. The van der Waals surface area contributed by atoms with E-state index in [2.05, 4.69) is 46.6 Å². The Balaban J connectivity index is -0.000000105. The first-order valence-electron chi connectivity index (χ1n) is 8.32. The summed E-state index contributed by atoms with van der Waals surface area (Å²) in [4.78, 5) is 0. The van der Waals surface area contributed by atoms with E-state index in [9.17, 15) is 0 Å². The smallest absolute Gasteiger partial charge is 0.409 e. The zero-order chi connectivity index (χ0) is 29.0. The average molecular weight is 624 g/mol. The van der Waals surface area contributed by atoms with Crippen LogP contribution in [0.2, 0.25) is 0 Å². The monoisotopic (exact) mass is 624 g/mol. The maximum atomic E-state index is 7.50. The van der Waals surface area contributed by atoms with Gasteiger partial charge in [0, 0.05) is 33.6 Å². The fraction of sp³-hybridized carbons (Fsp3) is 0. The van der Waals surface area contributed by atoms with Crippen LogP contribution in [-0.2, 0) is 66.1 Å². The summed E-state index contributed by atoms with van der Waals surface area (Å²) >= 11 is 0. The number of rotatable bonds is 6. The van der Waals surface area contributed by atoms with Crippen LogP contribution in [0, 0.1) is 46.6 Å². The fourth-order valence-corrected chi connectivity index (χ4v) is 2.75. The van der Waals surface area contributed by atoms with Gasteiger partial charge in [-0.1, -0.05) is 54.6 Å². The Hall–Kier alpha value is -3.32. The largest absolute Gasteiger partial charge is 0.530 e. The van der Waals surface area contributed by atoms with Crippen molar-refractivity contribution in [3.05, 3.63) is 138 Å². The Morgan fingerprint density at radius 2 is 0.500 bits per heavy atom. The summed E-state index contributed by atoms with van der Waals surface area (Å²) in [6.45, 7) is 31.5. The van der Waals surface area contributed by atoms with Crippen molar-refractivity contribution in [1.29, 1.82) is 0 Å². The van der Waals surface area contributed by atoms with Gasteiger partial charge in [-0.15, -0.1) is 0 Å². The minimum absolute atomic E-state index is 0. The minimum Gasteiger partial charge on any atom is -0.409 e. The molecule has 0 unspecified atom stereocenters. The van der Waals surface area contributed by atoms with Crippen LogP contribution in [0.25, 0.3) is 0 Å². The Morgan fingerprint density at radius 3 is 0.658 bits per heavy atom. The SMILES string of the molecule is [C-]#[O+].[C-]#[O+].[C-]#[O+].[C-]#[O+].[C-]#[O+].[C-]#[O+].[C-]#[O+].[Co].[Co].c1ccc(OP(Oc2ccccc2)Oc2ccccc2)cc1. The Morgan fingerprint density at radius 1 is 0.342 bits per heavy atom. The van der Waals surface area contributed by atoms with E-state index in [0.29, 0.717) is 17.2 Å². The predicted molar refractivity (Wildman–Crippen MR) is 116 cm³/mol. The average Bonchev–Trinajstić information content (AvgIpc) is 3.02. The predicted octanol–water partition coefficient (Wildman–Crippen LogP) is 5.18. The van der Waals surface area contributed by atoms with E-state index in [0.717, 1.165) is 0 Å². The van der Waals surface area contributed by atoms with E-state index in [4.69, 9.17) is 46.1 Å². The third-order valence-electron chi connectivity index (χ3n) is 2.77. The summed E-state index contributed by atoms with van der Waals surface area (Å²) in [5, 5.41) is 0. The second kappa shape index (κ2) is 50.5. The minimum atomic E-state index is -1.59. The summed E-state index contributed by atoms with van der Waals surface area (Å²) in [6, 6.07) is 28.5. The molecule has 10 nitrogen and oxygen atoms in total. The van der Waals surface area contributed by atoms with Crippen molar-refractivity contribution in [2.45, 2.75) is 0 Å². The zero-order valence-electron chi connectivity index (χ0n) is 18.9. The standard InChI is InChI=1S/C18H15O3P.7CO.2Co/c1-4-10-16(11-5-1)19-22(20-17-12-6-2-7-13-17)21-18-14-8-3-9-15-18;7*1-2;;/h1-15H;;;;;;;;;. The molecule has 0 saturated carbocycles. The second-order valence-electron chi connectivity index (χ2n) is 4.44. The molecule has 3 rings (SSSR count). The van der Waals surface area contributed by atoms with Crippen LogP contribution in [0.3, 0.4) is 0 Å². The molecule has 3 aromatic rings. The van der Waals surface area contributed by atoms with E-state index in [1.54, 1.807) is 0 Å². The van der Waals surface area contributed by atoms with Crippen LogP contribution >= 0.6 is 8.60 Å². The Kier molecular flexibility index (Phi) is 68.3. The quantitative estimate of drug-likeness (QED) is 0.210. The van der Waals surface area contributed by atoms with Crippen molar-refractivity contribution in [3.63, 3.8) is 0 Å². The number of benzene rings is 3. The molecule has 0 heterocycles. The van der Waals surface area contributed by atoms with E-state index >= 15 is 0 Å². The first-order valence-corrected chi connectivity index (χ1v) is 9.42. The Labute approximate surface area is 242 Å². The van der Waals surface area contributed by atoms with Gasteiger partial charge in [0.2, 0.25) is 0 Å². The topological polar surface area (TPSA) is 167 Å².